The van der Waals surface area contributed by atoms with Crippen molar-refractivity contribution in [2.24, 2.45) is 0 Å². The summed E-state index contributed by atoms with van der Waals surface area (Å²) in [4.78, 5) is 2.52. The van der Waals surface area contributed by atoms with Crippen molar-refractivity contribution >= 4 is 0 Å². The number of nitrogens with zero attached hydrogens (tertiary/aromatic N) is 1. The summed E-state index contributed by atoms with van der Waals surface area (Å²) in [5.74, 6) is 1.68. The van der Waals surface area contributed by atoms with Crippen molar-refractivity contribution in [2.75, 3.05) is 39.4 Å². The number of nitrogens with one attached hydrogen (secondary N) is 1. The Balaban J connectivity index is 1.80. The Labute approximate surface area is 128 Å². The van der Waals surface area contributed by atoms with E-state index >= 15 is 0 Å². The van der Waals surface area contributed by atoms with Crippen LogP contribution in [0, 0.1) is 0 Å². The highest BCUT2D eigenvalue weighted by atomic mass is 16.5. The fourth-order valence-corrected chi connectivity index (χ4v) is 2.68. The molecule has 0 bridgehead atoms. The van der Waals surface area contributed by atoms with Gasteiger partial charge in [-0.1, -0.05) is 6.07 Å². The topological polar surface area (TPSA) is 33.7 Å². The van der Waals surface area contributed by atoms with Gasteiger partial charge in [-0.2, -0.15) is 0 Å². The Kier molecular flexibility index (Phi) is 6.83. The van der Waals surface area contributed by atoms with Crippen LogP contribution < -0.4 is 14.8 Å². The minimum atomic E-state index is 0.659. The lowest BCUT2D eigenvalue weighted by atomic mass is 10.2. The van der Waals surface area contributed by atoms with Crippen LogP contribution in [0.3, 0.4) is 0 Å². The molecule has 1 N–H and O–H groups in total. The molecule has 1 saturated heterocycles. The number of rotatable bonds is 9. The van der Waals surface area contributed by atoms with Gasteiger partial charge in [-0.25, -0.2) is 0 Å². The predicted octanol–water partition coefficient (Wildman–Crippen LogP) is 2.67. The van der Waals surface area contributed by atoms with Gasteiger partial charge < -0.3 is 19.7 Å². The van der Waals surface area contributed by atoms with Gasteiger partial charge >= 0.3 is 0 Å². The van der Waals surface area contributed by atoms with Gasteiger partial charge in [0, 0.05) is 19.6 Å². The largest absolute Gasteiger partial charge is 0.490 e. The standard InChI is InChI=1S/C17H28N2O2/c1-3-20-16-8-7-15(13-17(16)21-4-2)14-18-9-12-19-10-5-6-11-19/h7-8,13,18H,3-6,9-12,14H2,1-2H3. The second-order valence-corrected chi connectivity index (χ2v) is 5.37. The molecule has 0 saturated carbocycles. The first kappa shape index (κ1) is 16.1. The monoisotopic (exact) mass is 292 g/mol. The van der Waals surface area contributed by atoms with Crippen molar-refractivity contribution in [3.63, 3.8) is 0 Å². The van der Waals surface area contributed by atoms with Gasteiger partial charge in [-0.15, -0.1) is 0 Å². The highest BCUT2D eigenvalue weighted by molar-refractivity contribution is 5.43. The van der Waals surface area contributed by atoms with Crippen molar-refractivity contribution in [3.05, 3.63) is 23.8 Å². The first-order valence-electron chi connectivity index (χ1n) is 8.15. The fourth-order valence-electron chi connectivity index (χ4n) is 2.68. The number of hydrogen-bond acceptors (Lipinski definition) is 4. The lowest BCUT2D eigenvalue weighted by Gasteiger charge is -2.15. The SMILES string of the molecule is CCOc1ccc(CNCCN2CCCC2)cc1OCC. The van der Waals surface area contributed by atoms with E-state index in [1.165, 1.54) is 31.5 Å². The molecular weight excluding hydrogens is 264 g/mol. The summed E-state index contributed by atoms with van der Waals surface area (Å²) < 4.78 is 11.2. The minimum absolute atomic E-state index is 0.659. The Morgan fingerprint density at radius 2 is 1.76 bits per heavy atom. The highest BCUT2D eigenvalue weighted by Gasteiger charge is 2.10. The normalized spacial score (nSPS) is 15.3. The molecule has 2 rings (SSSR count). The summed E-state index contributed by atoms with van der Waals surface area (Å²) >= 11 is 0. The third-order valence-electron chi connectivity index (χ3n) is 3.74. The molecule has 0 atom stereocenters. The molecule has 4 heteroatoms. The zero-order valence-electron chi connectivity index (χ0n) is 13.4. The number of likely N-dealkylation sites (tertiary alicyclic amines) is 1. The van der Waals surface area contributed by atoms with Crippen LogP contribution in [0.4, 0.5) is 0 Å². The molecule has 0 amide bonds. The van der Waals surface area contributed by atoms with Gasteiger partial charge in [0.05, 0.1) is 13.2 Å². The Hall–Kier alpha value is -1.26. The van der Waals surface area contributed by atoms with E-state index in [0.717, 1.165) is 31.1 Å². The van der Waals surface area contributed by atoms with Crippen LogP contribution in [0.25, 0.3) is 0 Å². The minimum Gasteiger partial charge on any atom is -0.490 e. The van der Waals surface area contributed by atoms with E-state index in [1.54, 1.807) is 0 Å². The molecule has 0 unspecified atom stereocenters. The summed E-state index contributed by atoms with van der Waals surface area (Å²) in [6.45, 7) is 10.9. The van der Waals surface area contributed by atoms with E-state index < -0.39 is 0 Å². The molecule has 0 aliphatic carbocycles. The van der Waals surface area contributed by atoms with Crippen LogP contribution in [0.2, 0.25) is 0 Å². The molecule has 1 heterocycles. The average molecular weight is 292 g/mol. The molecule has 1 aliphatic heterocycles. The van der Waals surface area contributed by atoms with Crippen molar-refractivity contribution in [3.8, 4) is 11.5 Å². The summed E-state index contributed by atoms with van der Waals surface area (Å²) in [6, 6.07) is 6.19. The molecule has 4 nitrogen and oxygen atoms in total. The fraction of sp³-hybridized carbons (Fsp3) is 0.647. The van der Waals surface area contributed by atoms with Crippen LogP contribution in [-0.2, 0) is 6.54 Å². The molecule has 0 aromatic heterocycles. The van der Waals surface area contributed by atoms with Gasteiger partial charge in [-0.3, -0.25) is 0 Å². The molecule has 21 heavy (non-hydrogen) atoms. The molecule has 1 fully saturated rings. The van der Waals surface area contributed by atoms with Gasteiger partial charge in [0.25, 0.3) is 0 Å². The summed E-state index contributed by atoms with van der Waals surface area (Å²) in [7, 11) is 0. The van der Waals surface area contributed by atoms with E-state index in [1.807, 2.05) is 19.9 Å². The van der Waals surface area contributed by atoms with Crippen LogP contribution in [0.15, 0.2) is 18.2 Å². The van der Waals surface area contributed by atoms with E-state index in [2.05, 4.69) is 22.3 Å². The first-order valence-corrected chi connectivity index (χ1v) is 8.15. The maximum absolute atomic E-state index is 5.66. The van der Waals surface area contributed by atoms with E-state index in [0.29, 0.717) is 13.2 Å². The third kappa shape index (κ3) is 5.21. The van der Waals surface area contributed by atoms with Crippen molar-refractivity contribution in [1.82, 2.24) is 10.2 Å². The van der Waals surface area contributed by atoms with Crippen LogP contribution in [0.1, 0.15) is 32.3 Å². The maximum Gasteiger partial charge on any atom is 0.161 e. The molecule has 0 radical (unpaired) electrons. The lowest BCUT2D eigenvalue weighted by Crippen LogP contribution is -2.29. The van der Waals surface area contributed by atoms with Gasteiger partial charge in [0.1, 0.15) is 0 Å². The van der Waals surface area contributed by atoms with E-state index in [-0.39, 0.29) is 0 Å². The van der Waals surface area contributed by atoms with Gasteiger partial charge in [0.2, 0.25) is 0 Å². The zero-order chi connectivity index (χ0) is 14.9. The number of hydrogen-bond donors (Lipinski definition) is 1. The number of ether oxygens (including phenoxy) is 2. The highest BCUT2D eigenvalue weighted by Crippen LogP contribution is 2.28. The molecule has 118 valence electrons. The molecule has 1 aliphatic rings. The van der Waals surface area contributed by atoms with E-state index in [9.17, 15) is 0 Å². The van der Waals surface area contributed by atoms with Crippen molar-refractivity contribution in [2.45, 2.75) is 33.2 Å². The second-order valence-electron chi connectivity index (χ2n) is 5.37. The summed E-state index contributed by atoms with van der Waals surface area (Å²) in [6.07, 6.45) is 2.72. The Morgan fingerprint density at radius 1 is 1.05 bits per heavy atom. The maximum atomic E-state index is 5.66. The smallest absolute Gasteiger partial charge is 0.161 e. The average Bonchev–Trinajstić information content (AvgIpc) is 3.00. The number of benzene rings is 1. The lowest BCUT2D eigenvalue weighted by molar-refractivity contribution is 0.287. The Bertz CT molecular complexity index is 417. The predicted molar refractivity (Wildman–Crippen MR) is 86.2 cm³/mol. The molecule has 1 aromatic carbocycles. The quantitative estimate of drug-likeness (QED) is 0.710. The van der Waals surface area contributed by atoms with Gasteiger partial charge in [-0.05, 0) is 57.5 Å². The van der Waals surface area contributed by atoms with Crippen LogP contribution >= 0.6 is 0 Å². The Morgan fingerprint density at radius 3 is 2.48 bits per heavy atom. The summed E-state index contributed by atoms with van der Waals surface area (Å²) in [5.41, 5.74) is 1.24. The van der Waals surface area contributed by atoms with Crippen LogP contribution in [-0.4, -0.2) is 44.3 Å². The van der Waals surface area contributed by atoms with Crippen molar-refractivity contribution in [1.29, 1.82) is 0 Å². The molecule has 0 spiro atoms. The third-order valence-corrected chi connectivity index (χ3v) is 3.74. The van der Waals surface area contributed by atoms with E-state index in [4.69, 9.17) is 9.47 Å². The molecule has 1 aromatic rings. The van der Waals surface area contributed by atoms with Crippen LogP contribution in [0.5, 0.6) is 11.5 Å². The first-order chi connectivity index (χ1) is 10.3. The summed E-state index contributed by atoms with van der Waals surface area (Å²) in [5, 5.41) is 3.51. The van der Waals surface area contributed by atoms with Crippen molar-refractivity contribution < 1.29 is 9.47 Å². The zero-order valence-corrected chi connectivity index (χ0v) is 13.4. The second kappa shape index (κ2) is 8.90. The molecular formula is C17H28N2O2. The van der Waals surface area contributed by atoms with Gasteiger partial charge in [0.15, 0.2) is 11.5 Å².